The van der Waals surface area contributed by atoms with Crippen LogP contribution in [0.5, 0.6) is 0 Å². The standard InChI is InChI=1S/C31H60Ge/c1-26(2)14-23(15-27(3,4)20-26)32(13,24-16-28(5,6)21-29(7,8)17-24)25-18-30(9,10)22-31(11,12)19-25/h23-25H,14-22H2,1-13H3. The molecule has 0 aliphatic heterocycles. The van der Waals surface area contributed by atoms with Crippen LogP contribution in [0.15, 0.2) is 0 Å². The Hall–Kier alpha value is 0.543. The Labute approximate surface area is 206 Å². The van der Waals surface area contributed by atoms with E-state index in [1.807, 2.05) is 0 Å². The van der Waals surface area contributed by atoms with E-state index in [4.69, 9.17) is 0 Å². The Morgan fingerprint density at radius 2 is 0.531 bits per heavy atom. The van der Waals surface area contributed by atoms with Crippen molar-refractivity contribution in [3.63, 3.8) is 0 Å². The second kappa shape index (κ2) is 8.03. The summed E-state index contributed by atoms with van der Waals surface area (Å²) in [6.07, 6.45) is 13.3. The molecular formula is C31H60Ge. The molecule has 0 amide bonds. The molecule has 0 N–H and O–H groups in total. The van der Waals surface area contributed by atoms with Crippen LogP contribution in [0, 0.1) is 32.5 Å². The summed E-state index contributed by atoms with van der Waals surface area (Å²) in [4.78, 5) is 0. The van der Waals surface area contributed by atoms with E-state index in [0.29, 0.717) is 32.5 Å². The zero-order valence-corrected chi connectivity index (χ0v) is 26.7. The first kappa shape index (κ1) is 27.1. The second-order valence-electron chi connectivity index (χ2n) is 18.2. The summed E-state index contributed by atoms with van der Waals surface area (Å²) >= 11 is -2.29. The minimum absolute atomic E-state index is 0.512. The van der Waals surface area contributed by atoms with E-state index < -0.39 is 13.3 Å². The van der Waals surface area contributed by atoms with E-state index in [1.54, 1.807) is 0 Å². The van der Waals surface area contributed by atoms with Crippen LogP contribution in [0.3, 0.4) is 0 Å². The van der Waals surface area contributed by atoms with Crippen LogP contribution < -0.4 is 0 Å². The van der Waals surface area contributed by atoms with E-state index in [1.165, 1.54) is 57.8 Å². The van der Waals surface area contributed by atoms with Gasteiger partial charge in [-0.25, -0.2) is 0 Å². The third-order valence-electron chi connectivity index (χ3n) is 10.3. The average Bonchev–Trinajstić information content (AvgIpc) is 2.44. The molecule has 0 aromatic heterocycles. The van der Waals surface area contributed by atoms with E-state index in [-0.39, 0.29) is 0 Å². The van der Waals surface area contributed by atoms with E-state index in [9.17, 15) is 0 Å². The first-order chi connectivity index (χ1) is 14.1. The molecule has 0 radical (unpaired) electrons. The minimum atomic E-state index is -2.29. The van der Waals surface area contributed by atoms with Crippen LogP contribution in [0.2, 0.25) is 20.0 Å². The molecule has 188 valence electrons. The van der Waals surface area contributed by atoms with E-state index >= 15 is 0 Å². The summed E-state index contributed by atoms with van der Waals surface area (Å²) in [6, 6.07) is 0. The van der Waals surface area contributed by atoms with Crippen molar-refractivity contribution in [2.24, 2.45) is 32.5 Å². The summed E-state index contributed by atoms with van der Waals surface area (Å²) in [6.45, 7) is 31.3. The fourth-order valence-electron chi connectivity index (χ4n) is 10.9. The SMILES string of the molecule is CC1(C)C[CH]([Ge]([CH3])([CH]2CC(C)(C)CC(C)(C)C2)[CH]2CC(C)(C)CC(C)(C)C2)CC(C)(C)C1. The summed E-state index contributed by atoms with van der Waals surface area (Å²) in [5.74, 6) is 3.01. The predicted molar refractivity (Wildman–Crippen MR) is 147 cm³/mol. The molecule has 0 spiro atoms. The molecule has 0 atom stereocenters. The molecule has 1 heteroatoms. The van der Waals surface area contributed by atoms with E-state index in [2.05, 4.69) is 88.8 Å². The summed E-state index contributed by atoms with van der Waals surface area (Å²) in [5, 5.41) is 0. The predicted octanol–water partition coefficient (Wildman–Crippen LogP) is 10.9. The molecule has 0 bridgehead atoms. The normalized spacial score (nSPS) is 32.5. The van der Waals surface area contributed by atoms with Gasteiger partial charge in [0.1, 0.15) is 0 Å². The quantitative estimate of drug-likeness (QED) is 0.335. The molecule has 3 aliphatic carbocycles. The molecule has 0 unspecified atom stereocenters. The fourth-order valence-corrected chi connectivity index (χ4v) is 27.5. The molecular weight excluding hydrogens is 445 g/mol. The van der Waals surface area contributed by atoms with Crippen molar-refractivity contribution in [1.82, 2.24) is 0 Å². The summed E-state index contributed by atoms with van der Waals surface area (Å²) in [7, 11) is 0. The Kier molecular flexibility index (Phi) is 6.81. The zero-order chi connectivity index (χ0) is 24.6. The van der Waals surface area contributed by atoms with Gasteiger partial charge < -0.3 is 0 Å². The third-order valence-corrected chi connectivity index (χ3v) is 23.9. The van der Waals surface area contributed by atoms with Crippen molar-refractivity contribution in [3.8, 4) is 0 Å². The van der Waals surface area contributed by atoms with Crippen LogP contribution in [0.4, 0.5) is 0 Å². The Balaban J connectivity index is 2.11. The van der Waals surface area contributed by atoms with Crippen LogP contribution in [0.25, 0.3) is 0 Å². The molecule has 0 aromatic carbocycles. The van der Waals surface area contributed by atoms with Crippen LogP contribution >= 0.6 is 0 Å². The van der Waals surface area contributed by atoms with Gasteiger partial charge in [0.25, 0.3) is 0 Å². The van der Waals surface area contributed by atoms with Gasteiger partial charge in [0.2, 0.25) is 0 Å². The number of rotatable bonds is 3. The van der Waals surface area contributed by atoms with Gasteiger partial charge in [-0.05, 0) is 0 Å². The van der Waals surface area contributed by atoms with Crippen LogP contribution in [-0.4, -0.2) is 13.3 Å². The van der Waals surface area contributed by atoms with Gasteiger partial charge in [0.05, 0.1) is 0 Å². The zero-order valence-electron chi connectivity index (χ0n) is 24.6. The molecule has 0 nitrogen and oxygen atoms in total. The maximum absolute atomic E-state index is 3.01. The molecule has 3 rings (SSSR count). The number of hydrogen-bond donors (Lipinski definition) is 0. The monoisotopic (exact) mass is 506 g/mol. The molecule has 3 saturated carbocycles. The van der Waals surface area contributed by atoms with Gasteiger partial charge in [-0.2, -0.15) is 0 Å². The Morgan fingerprint density at radius 1 is 0.375 bits per heavy atom. The second-order valence-corrected chi connectivity index (χ2v) is 29.1. The van der Waals surface area contributed by atoms with Gasteiger partial charge in [0.15, 0.2) is 0 Å². The van der Waals surface area contributed by atoms with Crippen LogP contribution in [-0.2, 0) is 0 Å². The van der Waals surface area contributed by atoms with Gasteiger partial charge in [-0.15, -0.1) is 0 Å². The molecule has 3 fully saturated rings. The maximum atomic E-state index is 3.01. The summed E-state index contributed by atoms with van der Waals surface area (Å²) in [5.41, 5.74) is 3.07. The van der Waals surface area contributed by atoms with Crippen molar-refractivity contribution >= 4 is 13.3 Å². The van der Waals surface area contributed by atoms with Crippen molar-refractivity contribution in [1.29, 1.82) is 0 Å². The van der Waals surface area contributed by atoms with Crippen molar-refractivity contribution in [2.75, 3.05) is 0 Å². The third kappa shape index (κ3) is 6.02. The van der Waals surface area contributed by atoms with E-state index in [0.717, 1.165) is 14.3 Å². The van der Waals surface area contributed by atoms with Gasteiger partial charge in [0, 0.05) is 0 Å². The fraction of sp³-hybridized carbons (Fsp3) is 1.00. The average molecular weight is 505 g/mol. The number of hydrogen-bond acceptors (Lipinski definition) is 0. The van der Waals surface area contributed by atoms with Crippen molar-refractivity contribution < 1.29 is 0 Å². The van der Waals surface area contributed by atoms with Crippen molar-refractivity contribution in [3.05, 3.63) is 0 Å². The molecule has 0 saturated heterocycles. The first-order valence-electron chi connectivity index (χ1n) is 14.1. The van der Waals surface area contributed by atoms with Gasteiger partial charge >= 0.3 is 207 Å². The van der Waals surface area contributed by atoms with Gasteiger partial charge in [-0.1, -0.05) is 0 Å². The topological polar surface area (TPSA) is 0 Å². The molecule has 0 heterocycles. The van der Waals surface area contributed by atoms with Crippen molar-refractivity contribution in [2.45, 2.75) is 161 Å². The Bertz CT molecular complexity index is 548. The first-order valence-corrected chi connectivity index (χ1v) is 19.8. The Morgan fingerprint density at radius 3 is 0.688 bits per heavy atom. The van der Waals surface area contributed by atoms with Gasteiger partial charge in [-0.3, -0.25) is 0 Å². The molecule has 3 aliphatic rings. The summed E-state index contributed by atoms with van der Waals surface area (Å²) < 4.78 is 3.12. The van der Waals surface area contributed by atoms with Crippen LogP contribution in [0.1, 0.15) is 141 Å². The molecule has 32 heavy (non-hydrogen) atoms. The molecule has 0 aromatic rings.